The minimum Gasteiger partial charge on any atom is -0.508 e. The second kappa shape index (κ2) is 6.53. The van der Waals surface area contributed by atoms with Crippen LogP contribution in [0.25, 0.3) is 0 Å². The minimum atomic E-state index is 0.386. The maximum Gasteiger partial charge on any atom is 0.115 e. The molecule has 0 fully saturated rings. The van der Waals surface area contributed by atoms with Gasteiger partial charge >= 0.3 is 0 Å². The van der Waals surface area contributed by atoms with Gasteiger partial charge < -0.3 is 10.0 Å². The number of nitrogens with zero attached hydrogens (tertiary/aromatic N) is 1. The maximum atomic E-state index is 9.83. The van der Waals surface area contributed by atoms with Crippen LogP contribution in [0.2, 0.25) is 0 Å². The molecule has 22 heavy (non-hydrogen) atoms. The lowest BCUT2D eigenvalue weighted by atomic mass is 9.84. The first-order chi connectivity index (χ1) is 10.6. The minimum absolute atomic E-state index is 0.386. The van der Waals surface area contributed by atoms with Crippen molar-refractivity contribution in [2.45, 2.75) is 31.6 Å². The fraction of sp³-hybridized carbons (Fsp3) is 0.400. The van der Waals surface area contributed by atoms with Crippen molar-refractivity contribution in [2.24, 2.45) is 0 Å². The van der Waals surface area contributed by atoms with Crippen LogP contribution in [0, 0.1) is 0 Å². The van der Waals surface area contributed by atoms with Crippen LogP contribution in [-0.4, -0.2) is 30.6 Å². The summed E-state index contributed by atoms with van der Waals surface area (Å²) in [4.78, 5) is 2.25. The molecule has 0 radical (unpaired) electrons. The van der Waals surface area contributed by atoms with Gasteiger partial charge in [0.1, 0.15) is 5.75 Å². The normalized spacial score (nSPS) is 17.0. The van der Waals surface area contributed by atoms with Gasteiger partial charge in [0.15, 0.2) is 0 Å². The highest BCUT2D eigenvalue weighted by Crippen LogP contribution is 2.38. The molecule has 2 nitrogen and oxygen atoms in total. The van der Waals surface area contributed by atoms with Crippen LogP contribution in [0.15, 0.2) is 42.5 Å². The molecule has 2 aromatic rings. The van der Waals surface area contributed by atoms with Crippen molar-refractivity contribution in [1.82, 2.24) is 4.90 Å². The van der Waals surface area contributed by atoms with Crippen LogP contribution in [0.5, 0.6) is 5.75 Å². The predicted molar refractivity (Wildman–Crippen MR) is 91.6 cm³/mol. The Bertz CT molecular complexity index is 648. The molecule has 0 saturated heterocycles. The lowest BCUT2D eigenvalue weighted by molar-refractivity contribution is 0.389. The van der Waals surface area contributed by atoms with E-state index in [1.165, 1.54) is 28.7 Å². The number of phenolic OH excluding ortho intramolecular Hbond substituents is 1. The van der Waals surface area contributed by atoms with Crippen molar-refractivity contribution < 1.29 is 5.11 Å². The average Bonchev–Trinajstić information content (AvgIpc) is 2.64. The molecule has 0 aliphatic heterocycles. The number of aromatic hydroxyl groups is 1. The van der Waals surface area contributed by atoms with E-state index in [2.05, 4.69) is 49.3 Å². The van der Waals surface area contributed by atoms with Crippen LogP contribution in [0.1, 0.15) is 41.0 Å². The van der Waals surface area contributed by atoms with Gasteiger partial charge in [-0.2, -0.15) is 0 Å². The molecule has 1 atom stereocenters. The van der Waals surface area contributed by atoms with Gasteiger partial charge in [-0.25, -0.2) is 0 Å². The van der Waals surface area contributed by atoms with E-state index in [0.29, 0.717) is 11.7 Å². The summed E-state index contributed by atoms with van der Waals surface area (Å²) in [5.41, 5.74) is 5.66. The molecule has 3 rings (SSSR count). The fourth-order valence-electron chi connectivity index (χ4n) is 3.61. The standard InChI is InChI=1S/C20H25NO/c1-21(2)13-5-8-20-18-7-4-3-6-15(18)9-10-16-14-17(22)11-12-19(16)20/h3-4,6-7,11-12,14,20,22H,5,8-10,13H2,1-2H3. The predicted octanol–water partition coefficient (Wildman–Crippen LogP) is 3.96. The number of benzene rings is 2. The number of fused-ring (bicyclic) bond motifs is 2. The van der Waals surface area contributed by atoms with Gasteiger partial charge in [-0.15, -0.1) is 0 Å². The first-order valence-corrected chi connectivity index (χ1v) is 8.19. The van der Waals surface area contributed by atoms with Gasteiger partial charge in [0.2, 0.25) is 0 Å². The monoisotopic (exact) mass is 295 g/mol. The number of hydrogen-bond donors (Lipinski definition) is 1. The quantitative estimate of drug-likeness (QED) is 0.922. The molecule has 0 spiro atoms. The third-order valence-corrected chi connectivity index (χ3v) is 4.69. The van der Waals surface area contributed by atoms with E-state index >= 15 is 0 Å². The van der Waals surface area contributed by atoms with Crippen molar-refractivity contribution in [3.05, 3.63) is 64.7 Å². The van der Waals surface area contributed by atoms with E-state index in [-0.39, 0.29) is 0 Å². The Morgan fingerprint density at radius 2 is 1.73 bits per heavy atom. The van der Waals surface area contributed by atoms with Crippen molar-refractivity contribution in [3.8, 4) is 5.75 Å². The fourth-order valence-corrected chi connectivity index (χ4v) is 3.61. The van der Waals surface area contributed by atoms with Gasteiger partial charge in [0.05, 0.1) is 0 Å². The Hall–Kier alpha value is -1.80. The zero-order valence-corrected chi connectivity index (χ0v) is 13.5. The zero-order valence-electron chi connectivity index (χ0n) is 13.5. The molecule has 1 N–H and O–H groups in total. The highest BCUT2D eigenvalue weighted by molar-refractivity contribution is 5.47. The smallest absolute Gasteiger partial charge is 0.115 e. The van der Waals surface area contributed by atoms with Crippen molar-refractivity contribution in [3.63, 3.8) is 0 Å². The number of hydrogen-bond acceptors (Lipinski definition) is 2. The van der Waals surface area contributed by atoms with Crippen LogP contribution >= 0.6 is 0 Å². The van der Waals surface area contributed by atoms with E-state index in [0.717, 1.165) is 25.8 Å². The SMILES string of the molecule is CN(C)CCCC1c2ccccc2CCc2cc(O)ccc21. The Morgan fingerprint density at radius 3 is 2.55 bits per heavy atom. The van der Waals surface area contributed by atoms with E-state index in [1.54, 1.807) is 0 Å². The second-order valence-corrected chi connectivity index (χ2v) is 6.58. The topological polar surface area (TPSA) is 23.5 Å². The molecule has 0 saturated carbocycles. The van der Waals surface area contributed by atoms with Gasteiger partial charge in [-0.1, -0.05) is 30.3 Å². The lowest BCUT2D eigenvalue weighted by Gasteiger charge is -2.21. The van der Waals surface area contributed by atoms with Gasteiger partial charge in [0.25, 0.3) is 0 Å². The Balaban J connectivity index is 1.97. The molecule has 2 aromatic carbocycles. The molecule has 1 aliphatic carbocycles. The first kappa shape index (κ1) is 15.1. The summed E-state index contributed by atoms with van der Waals surface area (Å²) in [7, 11) is 4.26. The van der Waals surface area contributed by atoms with Crippen LogP contribution in [-0.2, 0) is 12.8 Å². The van der Waals surface area contributed by atoms with Crippen LogP contribution < -0.4 is 0 Å². The largest absolute Gasteiger partial charge is 0.508 e. The Labute approximate surface area is 133 Å². The molecule has 0 heterocycles. The van der Waals surface area contributed by atoms with Gasteiger partial charge in [0, 0.05) is 5.92 Å². The summed E-state index contributed by atoms with van der Waals surface area (Å²) in [6, 6.07) is 14.8. The van der Waals surface area contributed by atoms with E-state index in [1.807, 2.05) is 12.1 Å². The van der Waals surface area contributed by atoms with E-state index < -0.39 is 0 Å². The van der Waals surface area contributed by atoms with Crippen molar-refractivity contribution >= 4 is 0 Å². The molecule has 1 unspecified atom stereocenters. The summed E-state index contributed by atoms with van der Waals surface area (Å²) >= 11 is 0. The second-order valence-electron chi connectivity index (χ2n) is 6.58. The summed E-state index contributed by atoms with van der Waals surface area (Å²) < 4.78 is 0. The number of phenols is 1. The van der Waals surface area contributed by atoms with Gasteiger partial charge in [-0.05, 0) is 80.7 Å². The molecule has 0 aromatic heterocycles. The van der Waals surface area contributed by atoms with Gasteiger partial charge in [-0.3, -0.25) is 0 Å². The first-order valence-electron chi connectivity index (χ1n) is 8.19. The number of rotatable bonds is 4. The average molecular weight is 295 g/mol. The molecule has 0 amide bonds. The zero-order chi connectivity index (χ0) is 15.5. The third-order valence-electron chi connectivity index (χ3n) is 4.69. The Morgan fingerprint density at radius 1 is 1.00 bits per heavy atom. The Kier molecular flexibility index (Phi) is 4.49. The highest BCUT2D eigenvalue weighted by Gasteiger charge is 2.23. The third kappa shape index (κ3) is 3.17. The molecule has 116 valence electrons. The van der Waals surface area contributed by atoms with E-state index in [9.17, 15) is 5.11 Å². The van der Waals surface area contributed by atoms with E-state index in [4.69, 9.17) is 0 Å². The van der Waals surface area contributed by atoms with Crippen LogP contribution in [0.4, 0.5) is 0 Å². The molecule has 0 bridgehead atoms. The molecule has 1 aliphatic rings. The van der Waals surface area contributed by atoms with Crippen LogP contribution in [0.3, 0.4) is 0 Å². The molecular formula is C20H25NO. The molecular weight excluding hydrogens is 270 g/mol. The highest BCUT2D eigenvalue weighted by atomic mass is 16.3. The summed E-state index contributed by atoms with van der Waals surface area (Å²) in [5, 5.41) is 9.83. The summed E-state index contributed by atoms with van der Waals surface area (Å²) in [5.74, 6) is 0.839. The summed E-state index contributed by atoms with van der Waals surface area (Å²) in [6.45, 7) is 1.12. The summed E-state index contributed by atoms with van der Waals surface area (Å²) in [6.07, 6.45) is 4.43. The lowest BCUT2D eigenvalue weighted by Crippen LogP contribution is -2.14. The van der Waals surface area contributed by atoms with Crippen molar-refractivity contribution in [2.75, 3.05) is 20.6 Å². The van der Waals surface area contributed by atoms with Crippen molar-refractivity contribution in [1.29, 1.82) is 0 Å². The maximum absolute atomic E-state index is 9.83. The molecule has 2 heteroatoms. The number of aryl methyl sites for hydroxylation is 2.